The van der Waals surface area contributed by atoms with E-state index in [0.29, 0.717) is 37.0 Å². The zero-order chi connectivity index (χ0) is 20.0. The number of carbonyl (C=O) groups excluding carboxylic acids is 1. The molecule has 0 spiro atoms. The van der Waals surface area contributed by atoms with Gasteiger partial charge in [0.05, 0.1) is 0 Å². The fourth-order valence-electron chi connectivity index (χ4n) is 3.67. The highest BCUT2D eigenvalue weighted by Gasteiger charge is 2.35. The monoisotopic (exact) mass is 401 g/mol. The summed E-state index contributed by atoms with van der Waals surface area (Å²) in [6.07, 6.45) is 1.85. The first kappa shape index (κ1) is 20.7. The lowest BCUT2D eigenvalue weighted by Crippen LogP contribution is -2.48. The Balaban J connectivity index is 1.68. The third kappa shape index (κ3) is 4.86. The number of nitrogens with one attached hydrogen (secondary N) is 1. The molecule has 1 heterocycles. The molecular formula is C23H28ClNO3. The highest BCUT2D eigenvalue weighted by Crippen LogP contribution is 2.34. The molecule has 1 fully saturated rings. The second-order valence-electron chi connectivity index (χ2n) is 7.40. The molecule has 3 rings (SSSR count). The maximum Gasteiger partial charge on any atom is 0.261 e. The average molecular weight is 402 g/mol. The zero-order valence-corrected chi connectivity index (χ0v) is 17.3. The summed E-state index contributed by atoms with van der Waals surface area (Å²) in [6.45, 7) is 5.88. The van der Waals surface area contributed by atoms with Crippen LogP contribution < -0.4 is 10.1 Å². The molecule has 1 N–H and O–H groups in total. The van der Waals surface area contributed by atoms with E-state index in [-0.39, 0.29) is 11.3 Å². The second kappa shape index (κ2) is 9.44. The number of amides is 1. The van der Waals surface area contributed by atoms with Crippen molar-refractivity contribution in [1.82, 2.24) is 5.32 Å². The number of hydrogen-bond donors (Lipinski definition) is 1. The lowest BCUT2D eigenvalue weighted by molar-refractivity contribution is -0.128. The minimum atomic E-state index is -0.534. The van der Waals surface area contributed by atoms with Gasteiger partial charge in [-0.15, -0.1) is 0 Å². The van der Waals surface area contributed by atoms with Crippen LogP contribution in [0.3, 0.4) is 0 Å². The van der Waals surface area contributed by atoms with E-state index < -0.39 is 6.10 Å². The lowest BCUT2D eigenvalue weighted by atomic mass is 9.74. The van der Waals surface area contributed by atoms with Crippen LogP contribution in [0.15, 0.2) is 48.5 Å². The molecule has 0 aromatic heterocycles. The number of ether oxygens (including phenoxy) is 2. The molecule has 2 aromatic rings. The molecule has 1 saturated heterocycles. The molecule has 0 unspecified atom stereocenters. The van der Waals surface area contributed by atoms with Gasteiger partial charge in [-0.05, 0) is 55.5 Å². The molecular weight excluding hydrogens is 374 g/mol. The average Bonchev–Trinajstić information content (AvgIpc) is 2.74. The number of rotatable bonds is 7. The number of carbonyl (C=O) groups is 1. The maximum atomic E-state index is 12.9. The van der Waals surface area contributed by atoms with Gasteiger partial charge in [0.1, 0.15) is 5.75 Å². The first-order valence-corrected chi connectivity index (χ1v) is 10.3. The van der Waals surface area contributed by atoms with E-state index >= 15 is 0 Å². The minimum Gasteiger partial charge on any atom is -0.481 e. The van der Waals surface area contributed by atoms with Gasteiger partial charge in [0.25, 0.3) is 5.91 Å². The summed E-state index contributed by atoms with van der Waals surface area (Å²) < 4.78 is 11.5. The molecule has 150 valence electrons. The lowest BCUT2D eigenvalue weighted by Gasteiger charge is -2.38. The van der Waals surface area contributed by atoms with Gasteiger partial charge in [-0.2, -0.15) is 0 Å². The maximum absolute atomic E-state index is 12.9. The zero-order valence-electron chi connectivity index (χ0n) is 16.5. The van der Waals surface area contributed by atoms with E-state index in [2.05, 4.69) is 29.6 Å². The van der Waals surface area contributed by atoms with Crippen molar-refractivity contribution in [3.05, 3.63) is 64.7 Å². The second-order valence-corrected chi connectivity index (χ2v) is 7.81. The summed E-state index contributed by atoms with van der Waals surface area (Å²) in [5, 5.41) is 3.83. The summed E-state index contributed by atoms with van der Waals surface area (Å²) >= 11 is 6.08. The van der Waals surface area contributed by atoms with Crippen LogP contribution >= 0.6 is 11.6 Å². The molecule has 1 aliphatic heterocycles. The quantitative estimate of drug-likeness (QED) is 0.733. The Morgan fingerprint density at radius 2 is 1.93 bits per heavy atom. The molecule has 1 amide bonds. The SMILES string of the molecule is CC[C@@H](Oc1ccc(Cl)c(C)c1)C(=O)NCC1(c2ccccc2)CCOCC1. The molecule has 0 aliphatic carbocycles. The van der Waals surface area contributed by atoms with Gasteiger partial charge in [-0.25, -0.2) is 0 Å². The molecule has 5 heteroatoms. The normalized spacial score (nSPS) is 17.0. The van der Waals surface area contributed by atoms with Crippen LogP contribution in [0.25, 0.3) is 0 Å². The Kier molecular flexibility index (Phi) is 6.97. The van der Waals surface area contributed by atoms with Gasteiger partial charge in [-0.1, -0.05) is 48.9 Å². The van der Waals surface area contributed by atoms with Crippen LogP contribution in [0.2, 0.25) is 5.02 Å². The number of aryl methyl sites for hydroxylation is 1. The smallest absolute Gasteiger partial charge is 0.261 e. The van der Waals surface area contributed by atoms with E-state index in [0.717, 1.165) is 18.4 Å². The summed E-state index contributed by atoms with van der Waals surface area (Å²) in [5.41, 5.74) is 2.09. The van der Waals surface area contributed by atoms with Crippen molar-refractivity contribution >= 4 is 17.5 Å². The Hall–Kier alpha value is -2.04. The topological polar surface area (TPSA) is 47.6 Å². The molecule has 4 nitrogen and oxygen atoms in total. The largest absolute Gasteiger partial charge is 0.481 e. The van der Waals surface area contributed by atoms with Crippen LogP contribution in [0, 0.1) is 6.92 Å². The molecule has 1 atom stereocenters. The third-order valence-electron chi connectivity index (χ3n) is 5.51. The summed E-state index contributed by atoms with van der Waals surface area (Å²) in [4.78, 5) is 12.9. The predicted octanol–water partition coefficient (Wildman–Crippen LogP) is 4.67. The fraction of sp³-hybridized carbons (Fsp3) is 0.435. The Morgan fingerprint density at radius 1 is 1.21 bits per heavy atom. The summed E-state index contributed by atoms with van der Waals surface area (Å²) in [7, 11) is 0. The van der Waals surface area contributed by atoms with Crippen LogP contribution in [0.4, 0.5) is 0 Å². The van der Waals surface area contributed by atoms with Crippen LogP contribution in [0.1, 0.15) is 37.3 Å². The van der Waals surface area contributed by atoms with Gasteiger partial charge in [0, 0.05) is 30.2 Å². The van der Waals surface area contributed by atoms with Crippen molar-refractivity contribution in [3.8, 4) is 5.75 Å². The number of halogens is 1. The molecule has 0 saturated carbocycles. The van der Waals surface area contributed by atoms with E-state index in [4.69, 9.17) is 21.1 Å². The van der Waals surface area contributed by atoms with Crippen molar-refractivity contribution in [2.75, 3.05) is 19.8 Å². The van der Waals surface area contributed by atoms with Gasteiger partial charge >= 0.3 is 0 Å². The molecule has 1 aliphatic rings. The number of benzene rings is 2. The van der Waals surface area contributed by atoms with Crippen molar-refractivity contribution in [3.63, 3.8) is 0 Å². The van der Waals surface area contributed by atoms with Crippen molar-refractivity contribution in [2.45, 2.75) is 44.6 Å². The third-order valence-corrected chi connectivity index (χ3v) is 5.93. The van der Waals surface area contributed by atoms with E-state index in [9.17, 15) is 4.79 Å². The van der Waals surface area contributed by atoms with E-state index in [1.165, 1.54) is 5.56 Å². The molecule has 0 radical (unpaired) electrons. The first-order valence-electron chi connectivity index (χ1n) is 9.88. The number of hydrogen-bond acceptors (Lipinski definition) is 3. The Bertz CT molecular complexity index is 788. The van der Waals surface area contributed by atoms with Gasteiger partial charge in [0.15, 0.2) is 6.10 Å². The van der Waals surface area contributed by atoms with E-state index in [1.54, 1.807) is 12.1 Å². The van der Waals surface area contributed by atoms with Crippen molar-refractivity contribution in [2.24, 2.45) is 0 Å². The van der Waals surface area contributed by atoms with Crippen molar-refractivity contribution in [1.29, 1.82) is 0 Å². The standard InChI is InChI=1S/C23H28ClNO3/c1-3-21(28-19-9-10-20(24)17(2)15-19)22(26)25-16-23(11-13-27-14-12-23)18-7-5-4-6-8-18/h4-10,15,21H,3,11-14,16H2,1-2H3,(H,25,26)/t21-/m1/s1. The molecule has 2 aromatic carbocycles. The van der Waals surface area contributed by atoms with Gasteiger partial charge < -0.3 is 14.8 Å². The Labute approximate surface area is 172 Å². The highest BCUT2D eigenvalue weighted by molar-refractivity contribution is 6.31. The van der Waals surface area contributed by atoms with Crippen LogP contribution in [-0.4, -0.2) is 31.8 Å². The van der Waals surface area contributed by atoms with Gasteiger partial charge in [-0.3, -0.25) is 4.79 Å². The van der Waals surface area contributed by atoms with Crippen molar-refractivity contribution < 1.29 is 14.3 Å². The summed E-state index contributed by atoms with van der Waals surface area (Å²) in [6, 6.07) is 15.9. The molecule has 0 bridgehead atoms. The Morgan fingerprint density at radius 3 is 2.57 bits per heavy atom. The first-order chi connectivity index (χ1) is 13.5. The highest BCUT2D eigenvalue weighted by atomic mass is 35.5. The minimum absolute atomic E-state index is 0.0862. The summed E-state index contributed by atoms with van der Waals surface area (Å²) in [5.74, 6) is 0.574. The van der Waals surface area contributed by atoms with Crippen LogP contribution in [-0.2, 0) is 14.9 Å². The van der Waals surface area contributed by atoms with E-state index in [1.807, 2.05) is 26.0 Å². The molecule has 28 heavy (non-hydrogen) atoms. The van der Waals surface area contributed by atoms with Gasteiger partial charge in [0.2, 0.25) is 0 Å². The predicted molar refractivity (Wildman–Crippen MR) is 112 cm³/mol. The fourth-order valence-corrected chi connectivity index (χ4v) is 3.79. The van der Waals surface area contributed by atoms with Crippen LogP contribution in [0.5, 0.6) is 5.75 Å².